The molecule has 1 aliphatic rings. The van der Waals surface area contributed by atoms with Crippen LogP contribution in [0.5, 0.6) is 0 Å². The van der Waals surface area contributed by atoms with E-state index in [4.69, 9.17) is 5.73 Å². The molecule has 3 heteroatoms. The summed E-state index contributed by atoms with van der Waals surface area (Å²) < 4.78 is 0. The second kappa shape index (κ2) is 4.17. The minimum atomic E-state index is 0.227. The van der Waals surface area contributed by atoms with Crippen LogP contribution >= 0.6 is 0 Å². The van der Waals surface area contributed by atoms with Crippen molar-refractivity contribution >= 4 is 0 Å². The van der Waals surface area contributed by atoms with E-state index in [1.807, 2.05) is 0 Å². The highest BCUT2D eigenvalue weighted by molar-refractivity contribution is 4.93. The Labute approximate surface area is 88.2 Å². The van der Waals surface area contributed by atoms with Gasteiger partial charge < -0.3 is 10.6 Å². The molecule has 0 saturated carbocycles. The molecule has 14 heavy (non-hydrogen) atoms. The van der Waals surface area contributed by atoms with E-state index in [0.29, 0.717) is 12.1 Å². The third-order valence-electron chi connectivity index (χ3n) is 3.01. The Hall–Kier alpha value is -0.120. The molecule has 2 atom stereocenters. The van der Waals surface area contributed by atoms with Gasteiger partial charge in [-0.3, -0.25) is 4.90 Å². The zero-order chi connectivity index (χ0) is 10.9. The minimum Gasteiger partial charge on any atom is -0.329 e. The first-order valence-electron chi connectivity index (χ1n) is 5.53. The summed E-state index contributed by atoms with van der Waals surface area (Å²) in [5, 5.41) is 0. The highest BCUT2D eigenvalue weighted by Gasteiger charge is 2.36. The number of hydrogen-bond acceptors (Lipinski definition) is 3. The summed E-state index contributed by atoms with van der Waals surface area (Å²) in [5.41, 5.74) is 6.07. The Morgan fingerprint density at radius 1 is 1.29 bits per heavy atom. The lowest BCUT2D eigenvalue weighted by Gasteiger charge is -2.51. The van der Waals surface area contributed by atoms with Crippen molar-refractivity contribution in [2.75, 3.05) is 26.7 Å². The second-order valence-electron chi connectivity index (χ2n) is 5.54. The maximum atomic E-state index is 5.85. The molecule has 1 aliphatic heterocycles. The number of nitrogens with zero attached hydrogens (tertiary/aromatic N) is 2. The quantitative estimate of drug-likeness (QED) is 0.676. The predicted octanol–water partition coefficient (Wildman–Crippen LogP) is 0.748. The smallest absolute Gasteiger partial charge is 0.0354 e. The van der Waals surface area contributed by atoms with E-state index in [9.17, 15) is 0 Å². The van der Waals surface area contributed by atoms with Crippen molar-refractivity contribution in [2.45, 2.75) is 45.3 Å². The van der Waals surface area contributed by atoms with Gasteiger partial charge in [-0.25, -0.2) is 0 Å². The summed E-state index contributed by atoms with van der Waals surface area (Å²) in [6.45, 7) is 12.1. The summed E-state index contributed by atoms with van der Waals surface area (Å²) in [5.74, 6) is 0. The fourth-order valence-corrected chi connectivity index (χ4v) is 2.82. The normalized spacial score (nSPS) is 32.1. The minimum absolute atomic E-state index is 0.227. The number of piperazine rings is 1. The van der Waals surface area contributed by atoms with Gasteiger partial charge in [0.15, 0.2) is 0 Å². The lowest BCUT2D eigenvalue weighted by atomic mass is 9.96. The van der Waals surface area contributed by atoms with Crippen LogP contribution in [0.15, 0.2) is 0 Å². The Morgan fingerprint density at radius 2 is 1.86 bits per heavy atom. The van der Waals surface area contributed by atoms with Crippen LogP contribution in [0.3, 0.4) is 0 Å². The molecule has 2 N–H and O–H groups in total. The molecule has 0 bridgehead atoms. The van der Waals surface area contributed by atoms with Gasteiger partial charge in [-0.2, -0.15) is 0 Å². The van der Waals surface area contributed by atoms with E-state index >= 15 is 0 Å². The lowest BCUT2D eigenvalue weighted by Crippen LogP contribution is -2.64. The average Bonchev–Trinajstić information content (AvgIpc) is 1.99. The molecule has 0 aromatic rings. The summed E-state index contributed by atoms with van der Waals surface area (Å²) in [4.78, 5) is 4.94. The van der Waals surface area contributed by atoms with Gasteiger partial charge in [0.2, 0.25) is 0 Å². The van der Waals surface area contributed by atoms with E-state index in [-0.39, 0.29) is 5.54 Å². The van der Waals surface area contributed by atoms with Crippen molar-refractivity contribution in [1.82, 2.24) is 9.80 Å². The molecular weight excluding hydrogens is 174 g/mol. The molecule has 0 amide bonds. The standard InChI is InChI=1S/C11H25N3/c1-9-7-13(5)8-10(6-12)14(9)11(2,3)4/h9-10H,6-8,12H2,1-5H3. The van der Waals surface area contributed by atoms with Crippen molar-refractivity contribution in [2.24, 2.45) is 5.73 Å². The fraction of sp³-hybridized carbons (Fsp3) is 1.00. The van der Waals surface area contributed by atoms with Gasteiger partial charge in [0.05, 0.1) is 0 Å². The van der Waals surface area contributed by atoms with Gasteiger partial charge in [-0.05, 0) is 34.7 Å². The lowest BCUT2D eigenvalue weighted by molar-refractivity contribution is -0.0179. The zero-order valence-electron chi connectivity index (χ0n) is 10.2. The van der Waals surface area contributed by atoms with Gasteiger partial charge in [-0.15, -0.1) is 0 Å². The fourth-order valence-electron chi connectivity index (χ4n) is 2.82. The van der Waals surface area contributed by atoms with Crippen molar-refractivity contribution < 1.29 is 0 Å². The first-order chi connectivity index (χ1) is 6.36. The third kappa shape index (κ3) is 2.47. The highest BCUT2D eigenvalue weighted by atomic mass is 15.3. The molecule has 1 fully saturated rings. The molecule has 84 valence electrons. The van der Waals surface area contributed by atoms with Crippen LogP contribution in [0.1, 0.15) is 27.7 Å². The molecule has 1 saturated heterocycles. The van der Waals surface area contributed by atoms with Crippen molar-refractivity contribution in [3.05, 3.63) is 0 Å². The van der Waals surface area contributed by atoms with Crippen LogP contribution in [-0.2, 0) is 0 Å². The monoisotopic (exact) mass is 199 g/mol. The van der Waals surface area contributed by atoms with Crippen LogP contribution < -0.4 is 5.73 Å². The van der Waals surface area contributed by atoms with Gasteiger partial charge in [0.1, 0.15) is 0 Å². The molecule has 2 unspecified atom stereocenters. The van der Waals surface area contributed by atoms with Gasteiger partial charge in [-0.1, -0.05) is 0 Å². The van der Waals surface area contributed by atoms with Crippen molar-refractivity contribution in [1.29, 1.82) is 0 Å². The number of likely N-dealkylation sites (N-methyl/N-ethyl adjacent to an activating group) is 1. The van der Waals surface area contributed by atoms with E-state index in [0.717, 1.165) is 19.6 Å². The topological polar surface area (TPSA) is 32.5 Å². The number of rotatable bonds is 1. The SMILES string of the molecule is CC1CN(C)CC(CN)N1C(C)(C)C. The van der Waals surface area contributed by atoms with Crippen molar-refractivity contribution in [3.63, 3.8) is 0 Å². The number of hydrogen-bond donors (Lipinski definition) is 1. The van der Waals surface area contributed by atoms with Gasteiger partial charge >= 0.3 is 0 Å². The van der Waals surface area contributed by atoms with Crippen LogP contribution in [0.4, 0.5) is 0 Å². The summed E-state index contributed by atoms with van der Waals surface area (Å²) in [6.07, 6.45) is 0. The first-order valence-corrected chi connectivity index (χ1v) is 5.53. The second-order valence-corrected chi connectivity index (χ2v) is 5.54. The van der Waals surface area contributed by atoms with Crippen LogP contribution in [-0.4, -0.2) is 54.1 Å². The maximum Gasteiger partial charge on any atom is 0.0354 e. The maximum absolute atomic E-state index is 5.85. The summed E-state index contributed by atoms with van der Waals surface area (Å²) in [6, 6.07) is 1.10. The number of nitrogens with two attached hydrogens (primary N) is 1. The third-order valence-corrected chi connectivity index (χ3v) is 3.01. The molecule has 0 radical (unpaired) electrons. The van der Waals surface area contributed by atoms with E-state index in [1.54, 1.807) is 0 Å². The predicted molar refractivity (Wildman–Crippen MR) is 61.4 cm³/mol. The Morgan fingerprint density at radius 3 is 2.29 bits per heavy atom. The zero-order valence-corrected chi connectivity index (χ0v) is 10.2. The molecule has 0 aromatic carbocycles. The largest absolute Gasteiger partial charge is 0.329 e. The molecular formula is C11H25N3. The summed E-state index contributed by atoms with van der Waals surface area (Å²) >= 11 is 0. The molecule has 0 spiro atoms. The molecule has 0 aromatic heterocycles. The van der Waals surface area contributed by atoms with Crippen LogP contribution in [0.25, 0.3) is 0 Å². The van der Waals surface area contributed by atoms with Gasteiger partial charge in [0, 0.05) is 37.3 Å². The molecule has 1 rings (SSSR count). The first kappa shape index (κ1) is 12.0. The Balaban J connectivity index is 2.79. The van der Waals surface area contributed by atoms with Gasteiger partial charge in [0.25, 0.3) is 0 Å². The molecule has 0 aliphatic carbocycles. The highest BCUT2D eigenvalue weighted by Crippen LogP contribution is 2.24. The van der Waals surface area contributed by atoms with Crippen LogP contribution in [0, 0.1) is 0 Å². The van der Waals surface area contributed by atoms with E-state index < -0.39 is 0 Å². The van der Waals surface area contributed by atoms with Crippen LogP contribution in [0.2, 0.25) is 0 Å². The van der Waals surface area contributed by atoms with E-state index in [2.05, 4.69) is 44.5 Å². The Bertz CT molecular complexity index is 185. The molecule has 3 nitrogen and oxygen atoms in total. The van der Waals surface area contributed by atoms with E-state index in [1.165, 1.54) is 0 Å². The summed E-state index contributed by atoms with van der Waals surface area (Å²) in [7, 11) is 2.18. The Kier molecular flexibility index (Phi) is 3.56. The average molecular weight is 199 g/mol. The van der Waals surface area contributed by atoms with Crippen molar-refractivity contribution in [3.8, 4) is 0 Å². The molecule has 1 heterocycles.